The number of fused-ring (bicyclic) bond motifs is 7. The van der Waals surface area contributed by atoms with Gasteiger partial charge in [-0.15, -0.1) is 0 Å². The van der Waals surface area contributed by atoms with Crippen molar-refractivity contribution in [3.8, 4) is 6.07 Å². The van der Waals surface area contributed by atoms with E-state index in [0.29, 0.717) is 29.6 Å². The highest BCUT2D eigenvalue weighted by Gasteiger charge is 2.70. The molecule has 5 fully saturated rings. The summed E-state index contributed by atoms with van der Waals surface area (Å²) in [6.45, 7) is 20.6. The molecule has 4 heteroatoms. The summed E-state index contributed by atoms with van der Waals surface area (Å²) in [5.74, 6) is 2.50. The number of rotatable bonds is 2. The molecule has 9 atom stereocenters. The van der Waals surface area contributed by atoms with Gasteiger partial charge in [-0.05, 0) is 117 Å². The van der Waals surface area contributed by atoms with E-state index in [2.05, 4.69) is 59.3 Å². The minimum Gasteiger partial charge on any atom is -0.319 e. The van der Waals surface area contributed by atoms with E-state index in [1.165, 1.54) is 44.6 Å². The first-order valence-corrected chi connectivity index (χ1v) is 14.6. The highest BCUT2D eigenvalue weighted by atomic mass is 16.7. The van der Waals surface area contributed by atoms with Crippen LogP contribution in [-0.4, -0.2) is 11.7 Å². The van der Waals surface area contributed by atoms with Gasteiger partial charge in [0, 0.05) is 12.3 Å². The zero-order valence-corrected chi connectivity index (χ0v) is 23.9. The van der Waals surface area contributed by atoms with Gasteiger partial charge in [0.15, 0.2) is 0 Å². The first-order valence-electron chi connectivity index (χ1n) is 14.6. The fourth-order valence-electron chi connectivity index (χ4n) is 11.4. The van der Waals surface area contributed by atoms with Gasteiger partial charge in [0.25, 0.3) is 0 Å². The van der Waals surface area contributed by atoms with E-state index in [-0.39, 0.29) is 33.0 Å². The van der Waals surface area contributed by atoms with E-state index in [4.69, 9.17) is 4.84 Å². The van der Waals surface area contributed by atoms with Crippen molar-refractivity contribution < 1.29 is 9.63 Å². The summed E-state index contributed by atoms with van der Waals surface area (Å²) < 4.78 is 0. The number of nitriles is 1. The SMILES string of the molecule is C=C(C)C1CC[C@]2(C#N)CC[C@]3(C)C(CCC4[C@@]5(C)CC/C(=N\OC(C)=O)C(C)(C)C5CC[C@]43C)C12. The van der Waals surface area contributed by atoms with Crippen molar-refractivity contribution in [2.24, 2.45) is 61.8 Å². The minimum absolute atomic E-state index is 0.0689. The van der Waals surface area contributed by atoms with Gasteiger partial charge < -0.3 is 4.84 Å². The van der Waals surface area contributed by atoms with Gasteiger partial charge in [-0.25, -0.2) is 4.79 Å². The molecule has 0 amide bonds. The molecular weight excluding hydrogens is 444 g/mol. The zero-order chi connectivity index (χ0) is 26.3. The number of hydrogen-bond donors (Lipinski definition) is 0. The molecule has 0 N–H and O–H groups in total. The van der Waals surface area contributed by atoms with E-state index in [9.17, 15) is 10.1 Å². The number of nitrogens with zero attached hydrogens (tertiary/aromatic N) is 2. The second-order valence-electron chi connectivity index (χ2n) is 14.8. The number of carbonyl (C=O) groups is 1. The summed E-state index contributed by atoms with van der Waals surface area (Å²) in [6, 6.07) is 2.90. The maximum absolute atomic E-state index is 11.5. The van der Waals surface area contributed by atoms with Crippen LogP contribution in [0, 0.1) is 68.0 Å². The Kier molecular flexibility index (Phi) is 5.91. The number of allylic oxidation sites excluding steroid dienone is 1. The molecule has 36 heavy (non-hydrogen) atoms. The van der Waals surface area contributed by atoms with Crippen LogP contribution in [0.5, 0.6) is 0 Å². The van der Waals surface area contributed by atoms with Gasteiger partial charge in [-0.1, -0.05) is 51.9 Å². The third-order valence-corrected chi connectivity index (χ3v) is 13.4. The Balaban J connectivity index is 1.51. The Bertz CT molecular complexity index is 1040. The lowest BCUT2D eigenvalue weighted by molar-refractivity contribution is -0.223. The topological polar surface area (TPSA) is 62.4 Å². The van der Waals surface area contributed by atoms with Crippen molar-refractivity contribution in [3.05, 3.63) is 12.2 Å². The monoisotopic (exact) mass is 492 g/mol. The number of oxime groups is 1. The van der Waals surface area contributed by atoms with Crippen LogP contribution in [0.3, 0.4) is 0 Å². The predicted octanol–water partition coefficient (Wildman–Crippen LogP) is 8.09. The van der Waals surface area contributed by atoms with Crippen LogP contribution >= 0.6 is 0 Å². The van der Waals surface area contributed by atoms with Crippen LogP contribution in [0.1, 0.15) is 113 Å². The largest absolute Gasteiger partial charge is 0.331 e. The molecule has 0 aromatic carbocycles. The van der Waals surface area contributed by atoms with Crippen molar-refractivity contribution in [1.29, 1.82) is 5.26 Å². The second kappa shape index (κ2) is 8.18. The summed E-state index contributed by atoms with van der Waals surface area (Å²) in [5, 5.41) is 14.8. The Labute approximate surface area is 219 Å². The Hall–Kier alpha value is -1.63. The molecule has 5 saturated carbocycles. The maximum atomic E-state index is 11.5. The molecule has 5 unspecified atom stereocenters. The van der Waals surface area contributed by atoms with Crippen molar-refractivity contribution in [3.63, 3.8) is 0 Å². The average Bonchev–Trinajstić information content (AvgIpc) is 3.19. The zero-order valence-electron chi connectivity index (χ0n) is 23.9. The quantitative estimate of drug-likeness (QED) is 0.222. The van der Waals surface area contributed by atoms with Crippen molar-refractivity contribution >= 4 is 11.7 Å². The van der Waals surface area contributed by atoms with E-state index in [1.54, 1.807) is 0 Å². The first-order chi connectivity index (χ1) is 16.8. The van der Waals surface area contributed by atoms with E-state index in [0.717, 1.165) is 37.8 Å². The molecule has 0 heterocycles. The van der Waals surface area contributed by atoms with Crippen LogP contribution in [0.4, 0.5) is 0 Å². The van der Waals surface area contributed by atoms with Gasteiger partial charge in [0.2, 0.25) is 0 Å². The molecule has 5 rings (SSSR count). The molecule has 198 valence electrons. The third kappa shape index (κ3) is 3.23. The predicted molar refractivity (Wildman–Crippen MR) is 144 cm³/mol. The summed E-state index contributed by atoms with van der Waals surface area (Å²) in [6.07, 6.45) is 11.5. The summed E-state index contributed by atoms with van der Waals surface area (Å²) in [5.41, 5.74) is 2.98. The fraction of sp³-hybridized carbons (Fsp3) is 0.844. The molecule has 0 radical (unpaired) electrons. The fourth-order valence-corrected chi connectivity index (χ4v) is 11.4. The van der Waals surface area contributed by atoms with Gasteiger partial charge in [0.05, 0.1) is 17.2 Å². The molecule has 0 aromatic rings. The summed E-state index contributed by atoms with van der Waals surface area (Å²) >= 11 is 0. The molecule has 0 saturated heterocycles. The van der Waals surface area contributed by atoms with Crippen LogP contribution in [0.2, 0.25) is 0 Å². The van der Waals surface area contributed by atoms with E-state index >= 15 is 0 Å². The second-order valence-corrected chi connectivity index (χ2v) is 14.8. The molecule has 0 aliphatic heterocycles. The number of carbonyl (C=O) groups excluding carboxylic acids is 1. The van der Waals surface area contributed by atoms with Gasteiger partial charge in [-0.2, -0.15) is 5.26 Å². The molecule has 5 aliphatic rings. The molecule has 0 spiro atoms. The molecule has 0 aromatic heterocycles. The highest BCUT2D eigenvalue weighted by molar-refractivity contribution is 5.91. The minimum atomic E-state index is -0.333. The van der Waals surface area contributed by atoms with Crippen LogP contribution in [-0.2, 0) is 9.63 Å². The van der Waals surface area contributed by atoms with Gasteiger partial charge >= 0.3 is 5.97 Å². The van der Waals surface area contributed by atoms with Crippen molar-refractivity contribution in [2.45, 2.75) is 113 Å². The lowest BCUT2D eigenvalue weighted by Gasteiger charge is -2.72. The summed E-state index contributed by atoms with van der Waals surface area (Å²) in [4.78, 5) is 16.6. The number of hydrogen-bond acceptors (Lipinski definition) is 4. The lowest BCUT2D eigenvalue weighted by Crippen LogP contribution is -2.66. The van der Waals surface area contributed by atoms with E-state index < -0.39 is 0 Å². The van der Waals surface area contributed by atoms with Crippen LogP contribution in [0.15, 0.2) is 17.3 Å². The normalized spacial score (nSPS) is 50.2. The average molecular weight is 493 g/mol. The van der Waals surface area contributed by atoms with Crippen molar-refractivity contribution in [1.82, 2.24) is 0 Å². The Morgan fingerprint density at radius 2 is 1.67 bits per heavy atom. The van der Waals surface area contributed by atoms with Crippen molar-refractivity contribution in [2.75, 3.05) is 0 Å². The maximum Gasteiger partial charge on any atom is 0.331 e. The highest BCUT2D eigenvalue weighted by Crippen LogP contribution is 2.77. The molecule has 0 bridgehead atoms. The third-order valence-electron chi connectivity index (χ3n) is 13.4. The van der Waals surface area contributed by atoms with Crippen LogP contribution in [0.25, 0.3) is 0 Å². The Morgan fingerprint density at radius 1 is 0.944 bits per heavy atom. The van der Waals surface area contributed by atoms with Gasteiger partial charge in [-0.3, -0.25) is 0 Å². The lowest BCUT2D eigenvalue weighted by atomic mass is 9.32. The smallest absolute Gasteiger partial charge is 0.319 e. The standard InChI is InChI=1S/C32H48N2O2/c1-20(2)22-11-16-32(19-33)18-17-30(7)23(27(22)32)9-10-25-29(6)14-13-26(34-36-21(3)35)28(4,5)24(29)12-15-31(25,30)8/h22-25,27H,1,9-18H2,2-8H3/b34-26+/t22?,23?,24?,25?,27?,29-,30+,31+,32+/m0/s1. The van der Waals surface area contributed by atoms with Gasteiger partial charge in [0.1, 0.15) is 0 Å². The molecular formula is C32H48N2O2. The summed E-state index contributed by atoms with van der Waals surface area (Å²) in [7, 11) is 0. The van der Waals surface area contributed by atoms with Crippen LogP contribution < -0.4 is 0 Å². The molecule has 4 nitrogen and oxygen atoms in total. The van der Waals surface area contributed by atoms with E-state index in [1.807, 2.05) is 0 Å². The first kappa shape index (κ1) is 26.0. The Morgan fingerprint density at radius 3 is 2.31 bits per heavy atom. The molecule has 5 aliphatic carbocycles.